The molecule has 128 valence electrons. The van der Waals surface area contributed by atoms with Crippen LogP contribution in [-0.2, 0) is 16.7 Å². The first-order valence-corrected chi connectivity index (χ1v) is 8.97. The van der Waals surface area contributed by atoms with Gasteiger partial charge in [0.1, 0.15) is 0 Å². The van der Waals surface area contributed by atoms with Crippen LogP contribution >= 0.6 is 11.6 Å². The predicted octanol–water partition coefficient (Wildman–Crippen LogP) is 4.31. The van der Waals surface area contributed by atoms with Crippen molar-refractivity contribution in [2.24, 2.45) is 0 Å². The van der Waals surface area contributed by atoms with E-state index in [0.717, 1.165) is 43.4 Å². The summed E-state index contributed by atoms with van der Waals surface area (Å²) in [5.41, 5.74) is 2.82. The highest BCUT2D eigenvalue weighted by atomic mass is 35.5. The minimum atomic E-state index is 0.284. The molecular formula is C20H25ClN2O. The van der Waals surface area contributed by atoms with Gasteiger partial charge in [-0.15, -0.1) is 0 Å². The standard InChI is InChI=1S/C20H25ClN2O/c1-24-14-4-13-23(15-19-5-2-3-12-22-19)16-20(10-11-20)17-6-8-18(21)9-7-17/h2-3,5-9,12H,4,10-11,13-16H2,1H3. The van der Waals surface area contributed by atoms with E-state index in [2.05, 4.69) is 34.1 Å². The molecule has 0 unspecified atom stereocenters. The van der Waals surface area contributed by atoms with Crippen LogP contribution in [0.1, 0.15) is 30.5 Å². The number of halogens is 1. The predicted molar refractivity (Wildman–Crippen MR) is 98.4 cm³/mol. The molecule has 0 bridgehead atoms. The van der Waals surface area contributed by atoms with Crippen LogP contribution in [0, 0.1) is 0 Å². The van der Waals surface area contributed by atoms with Gasteiger partial charge in [0.15, 0.2) is 0 Å². The Kier molecular flexibility index (Phi) is 5.88. The number of benzene rings is 1. The molecule has 2 aromatic rings. The first kappa shape index (κ1) is 17.4. The van der Waals surface area contributed by atoms with Gasteiger partial charge in [-0.05, 0) is 49.1 Å². The average molecular weight is 345 g/mol. The Labute approximate surface area is 149 Å². The molecule has 0 N–H and O–H groups in total. The molecule has 0 spiro atoms. The molecule has 1 saturated carbocycles. The van der Waals surface area contributed by atoms with Gasteiger partial charge in [0, 0.05) is 50.0 Å². The van der Waals surface area contributed by atoms with Crippen molar-refractivity contribution in [3.8, 4) is 0 Å². The average Bonchev–Trinajstić information content (AvgIpc) is 3.37. The van der Waals surface area contributed by atoms with Gasteiger partial charge in [-0.1, -0.05) is 29.8 Å². The molecule has 0 saturated heterocycles. The molecule has 1 aromatic carbocycles. The van der Waals surface area contributed by atoms with E-state index in [1.807, 2.05) is 24.4 Å². The Balaban J connectivity index is 1.69. The molecule has 4 heteroatoms. The van der Waals surface area contributed by atoms with Crippen LogP contribution in [0.3, 0.4) is 0 Å². The summed E-state index contributed by atoms with van der Waals surface area (Å²) in [4.78, 5) is 7.01. The van der Waals surface area contributed by atoms with Crippen molar-refractivity contribution in [1.82, 2.24) is 9.88 Å². The lowest BCUT2D eigenvalue weighted by Gasteiger charge is -2.27. The van der Waals surface area contributed by atoms with Gasteiger partial charge in [-0.2, -0.15) is 0 Å². The summed E-state index contributed by atoms with van der Waals surface area (Å²) in [6, 6.07) is 14.5. The molecule has 24 heavy (non-hydrogen) atoms. The zero-order chi connectivity index (χ0) is 16.8. The van der Waals surface area contributed by atoms with Crippen molar-refractivity contribution >= 4 is 11.6 Å². The van der Waals surface area contributed by atoms with Gasteiger partial charge in [0.2, 0.25) is 0 Å². The lowest BCUT2D eigenvalue weighted by molar-refractivity contribution is 0.163. The van der Waals surface area contributed by atoms with E-state index in [0.29, 0.717) is 0 Å². The van der Waals surface area contributed by atoms with E-state index in [9.17, 15) is 0 Å². The molecule has 0 radical (unpaired) electrons. The van der Waals surface area contributed by atoms with E-state index in [1.165, 1.54) is 18.4 Å². The van der Waals surface area contributed by atoms with Crippen molar-refractivity contribution in [1.29, 1.82) is 0 Å². The molecule has 1 aromatic heterocycles. The maximum atomic E-state index is 6.05. The molecule has 1 aliphatic carbocycles. The van der Waals surface area contributed by atoms with Crippen LogP contribution in [0.25, 0.3) is 0 Å². The molecule has 0 atom stereocenters. The molecule has 0 aliphatic heterocycles. The van der Waals surface area contributed by atoms with Gasteiger partial charge in [-0.25, -0.2) is 0 Å². The zero-order valence-electron chi connectivity index (χ0n) is 14.2. The zero-order valence-corrected chi connectivity index (χ0v) is 15.0. The molecule has 0 amide bonds. The topological polar surface area (TPSA) is 25.4 Å². The first-order chi connectivity index (χ1) is 11.7. The summed E-state index contributed by atoms with van der Waals surface area (Å²) < 4.78 is 5.23. The third-order valence-electron chi connectivity index (χ3n) is 4.77. The second-order valence-corrected chi connectivity index (χ2v) is 7.10. The van der Waals surface area contributed by atoms with Gasteiger partial charge in [0.05, 0.1) is 5.69 Å². The number of rotatable bonds is 9. The summed E-state index contributed by atoms with van der Waals surface area (Å²) in [6.45, 7) is 3.78. The van der Waals surface area contributed by atoms with Gasteiger partial charge < -0.3 is 4.74 Å². The van der Waals surface area contributed by atoms with Gasteiger partial charge >= 0.3 is 0 Å². The number of methoxy groups -OCH3 is 1. The normalized spacial score (nSPS) is 15.6. The summed E-state index contributed by atoms with van der Waals surface area (Å²) in [5.74, 6) is 0. The maximum absolute atomic E-state index is 6.05. The summed E-state index contributed by atoms with van der Waals surface area (Å²) in [7, 11) is 1.76. The number of hydrogen-bond acceptors (Lipinski definition) is 3. The highest BCUT2D eigenvalue weighted by Gasteiger charge is 2.45. The molecule has 1 heterocycles. The van der Waals surface area contributed by atoms with Crippen molar-refractivity contribution in [3.63, 3.8) is 0 Å². The van der Waals surface area contributed by atoms with Crippen LogP contribution in [0.15, 0.2) is 48.7 Å². The minimum absolute atomic E-state index is 0.284. The Morgan fingerprint density at radius 3 is 2.58 bits per heavy atom. The number of pyridine rings is 1. The fourth-order valence-corrected chi connectivity index (χ4v) is 3.41. The minimum Gasteiger partial charge on any atom is -0.385 e. The van der Waals surface area contributed by atoms with Crippen LogP contribution < -0.4 is 0 Å². The Hall–Kier alpha value is -1.42. The van der Waals surface area contributed by atoms with Gasteiger partial charge in [-0.3, -0.25) is 9.88 Å². The summed E-state index contributed by atoms with van der Waals surface area (Å²) >= 11 is 6.05. The van der Waals surface area contributed by atoms with Crippen molar-refractivity contribution in [3.05, 3.63) is 64.9 Å². The summed E-state index contributed by atoms with van der Waals surface area (Å²) in [5, 5.41) is 0.806. The second kappa shape index (κ2) is 8.11. The van der Waals surface area contributed by atoms with E-state index in [-0.39, 0.29) is 5.41 Å². The number of ether oxygens (including phenoxy) is 1. The molecule has 3 nitrogen and oxygen atoms in total. The van der Waals surface area contributed by atoms with Crippen molar-refractivity contribution < 1.29 is 4.74 Å². The Morgan fingerprint density at radius 1 is 1.17 bits per heavy atom. The Morgan fingerprint density at radius 2 is 1.96 bits per heavy atom. The SMILES string of the molecule is COCCCN(Cc1ccccn1)CC1(c2ccc(Cl)cc2)CC1. The van der Waals surface area contributed by atoms with E-state index in [4.69, 9.17) is 16.3 Å². The highest BCUT2D eigenvalue weighted by Crippen LogP contribution is 2.49. The quantitative estimate of drug-likeness (QED) is 0.634. The third-order valence-corrected chi connectivity index (χ3v) is 5.02. The van der Waals surface area contributed by atoms with Crippen LogP contribution in [-0.4, -0.2) is 36.7 Å². The van der Waals surface area contributed by atoms with Crippen LogP contribution in [0.4, 0.5) is 0 Å². The van der Waals surface area contributed by atoms with Crippen molar-refractivity contribution in [2.75, 3.05) is 26.8 Å². The van der Waals surface area contributed by atoms with Crippen LogP contribution in [0.2, 0.25) is 5.02 Å². The largest absolute Gasteiger partial charge is 0.385 e. The molecule has 1 fully saturated rings. The Bertz CT molecular complexity index is 626. The van der Waals surface area contributed by atoms with Gasteiger partial charge in [0.25, 0.3) is 0 Å². The fourth-order valence-electron chi connectivity index (χ4n) is 3.29. The smallest absolute Gasteiger partial charge is 0.0543 e. The number of hydrogen-bond donors (Lipinski definition) is 0. The second-order valence-electron chi connectivity index (χ2n) is 6.67. The molecular weight excluding hydrogens is 320 g/mol. The molecule has 3 rings (SSSR count). The maximum Gasteiger partial charge on any atom is 0.0543 e. The lowest BCUT2D eigenvalue weighted by Crippen LogP contribution is -2.33. The van der Waals surface area contributed by atoms with E-state index < -0.39 is 0 Å². The fraction of sp³-hybridized carbons (Fsp3) is 0.450. The first-order valence-electron chi connectivity index (χ1n) is 8.59. The number of aromatic nitrogens is 1. The van der Waals surface area contributed by atoms with E-state index in [1.54, 1.807) is 7.11 Å². The monoisotopic (exact) mass is 344 g/mol. The lowest BCUT2D eigenvalue weighted by atomic mass is 9.95. The van der Waals surface area contributed by atoms with Crippen LogP contribution in [0.5, 0.6) is 0 Å². The van der Waals surface area contributed by atoms with Crippen molar-refractivity contribution in [2.45, 2.75) is 31.2 Å². The number of nitrogens with zero attached hydrogens (tertiary/aromatic N) is 2. The summed E-state index contributed by atoms with van der Waals surface area (Å²) in [6.07, 6.45) is 5.41. The molecule has 1 aliphatic rings. The highest BCUT2D eigenvalue weighted by molar-refractivity contribution is 6.30. The van der Waals surface area contributed by atoms with E-state index >= 15 is 0 Å². The third kappa shape index (κ3) is 4.56.